The van der Waals surface area contributed by atoms with Crippen LogP contribution < -0.4 is 15.0 Å². The lowest BCUT2D eigenvalue weighted by Gasteiger charge is -2.36. The number of nitrogens with zero attached hydrogens (tertiary/aromatic N) is 4. The standard InChI is InChI=1S/C22H31N5O3/c1-25(30-3)22(28)18-8-6-11-23-21(18)24-12-7-13-26-14-16-27(17-15-26)19-9-4-5-10-20(19)29-2/h4-6,8-11H,7,12-17H2,1-3H3,(H,23,24). The van der Waals surface area contributed by atoms with E-state index in [-0.39, 0.29) is 5.91 Å². The second-order valence-corrected chi connectivity index (χ2v) is 7.17. The molecule has 1 saturated heterocycles. The minimum absolute atomic E-state index is 0.222. The monoisotopic (exact) mass is 413 g/mol. The number of aromatic nitrogens is 1. The zero-order valence-electron chi connectivity index (χ0n) is 18.0. The van der Waals surface area contributed by atoms with E-state index in [1.54, 1.807) is 32.5 Å². The van der Waals surface area contributed by atoms with Crippen molar-refractivity contribution in [3.8, 4) is 5.75 Å². The first-order chi connectivity index (χ1) is 14.6. The molecule has 1 amide bonds. The number of piperazine rings is 1. The fraction of sp³-hybridized carbons (Fsp3) is 0.455. The number of amides is 1. The van der Waals surface area contributed by atoms with Crippen molar-refractivity contribution < 1.29 is 14.4 Å². The Hall–Kier alpha value is -2.84. The highest BCUT2D eigenvalue weighted by molar-refractivity contribution is 5.97. The number of para-hydroxylation sites is 2. The van der Waals surface area contributed by atoms with Crippen LogP contribution in [0.1, 0.15) is 16.8 Å². The van der Waals surface area contributed by atoms with E-state index in [1.807, 2.05) is 12.1 Å². The lowest BCUT2D eigenvalue weighted by Crippen LogP contribution is -2.47. The molecule has 2 heterocycles. The second kappa shape index (κ2) is 10.8. The summed E-state index contributed by atoms with van der Waals surface area (Å²) in [4.78, 5) is 26.5. The molecular formula is C22H31N5O3. The maximum absolute atomic E-state index is 12.4. The highest BCUT2D eigenvalue weighted by Crippen LogP contribution is 2.28. The number of pyridine rings is 1. The Bertz CT molecular complexity index is 824. The number of anilines is 2. The molecule has 1 aromatic carbocycles. The second-order valence-electron chi connectivity index (χ2n) is 7.17. The minimum Gasteiger partial charge on any atom is -0.495 e. The van der Waals surface area contributed by atoms with Gasteiger partial charge in [0.05, 0.1) is 25.5 Å². The van der Waals surface area contributed by atoms with Gasteiger partial charge < -0.3 is 15.0 Å². The first kappa shape index (κ1) is 21.9. The first-order valence-corrected chi connectivity index (χ1v) is 10.3. The van der Waals surface area contributed by atoms with Gasteiger partial charge in [-0.2, -0.15) is 0 Å². The molecule has 0 saturated carbocycles. The molecule has 8 nitrogen and oxygen atoms in total. The van der Waals surface area contributed by atoms with E-state index >= 15 is 0 Å². The lowest BCUT2D eigenvalue weighted by atomic mass is 10.2. The van der Waals surface area contributed by atoms with Crippen LogP contribution in [0.25, 0.3) is 0 Å². The maximum Gasteiger partial charge on any atom is 0.280 e. The van der Waals surface area contributed by atoms with Crippen LogP contribution in [0.3, 0.4) is 0 Å². The molecule has 0 aliphatic carbocycles. The number of benzene rings is 1. The van der Waals surface area contributed by atoms with Gasteiger partial charge in [-0.05, 0) is 37.2 Å². The van der Waals surface area contributed by atoms with Crippen molar-refractivity contribution >= 4 is 17.4 Å². The van der Waals surface area contributed by atoms with Gasteiger partial charge in [-0.15, -0.1) is 0 Å². The van der Waals surface area contributed by atoms with Crippen LogP contribution >= 0.6 is 0 Å². The van der Waals surface area contributed by atoms with E-state index in [0.717, 1.165) is 57.1 Å². The van der Waals surface area contributed by atoms with Gasteiger partial charge in [0.25, 0.3) is 5.91 Å². The molecule has 1 N–H and O–H groups in total. The molecule has 1 aromatic heterocycles. The average Bonchev–Trinajstić information content (AvgIpc) is 2.81. The predicted octanol–water partition coefficient (Wildman–Crippen LogP) is 2.35. The normalized spacial score (nSPS) is 14.4. The van der Waals surface area contributed by atoms with E-state index in [0.29, 0.717) is 11.4 Å². The first-order valence-electron chi connectivity index (χ1n) is 10.3. The van der Waals surface area contributed by atoms with Gasteiger partial charge in [-0.25, -0.2) is 10.0 Å². The fourth-order valence-electron chi connectivity index (χ4n) is 3.58. The Morgan fingerprint density at radius 1 is 1.13 bits per heavy atom. The number of hydroxylamine groups is 2. The highest BCUT2D eigenvalue weighted by Gasteiger charge is 2.19. The van der Waals surface area contributed by atoms with Crippen LogP contribution in [-0.2, 0) is 4.84 Å². The van der Waals surface area contributed by atoms with Crippen molar-refractivity contribution in [1.82, 2.24) is 14.9 Å². The van der Waals surface area contributed by atoms with Gasteiger partial charge in [0.2, 0.25) is 0 Å². The van der Waals surface area contributed by atoms with Gasteiger partial charge in [0.15, 0.2) is 0 Å². The molecule has 8 heteroatoms. The van der Waals surface area contributed by atoms with Crippen molar-refractivity contribution in [2.75, 3.05) is 70.8 Å². The topological polar surface area (TPSA) is 70.2 Å². The van der Waals surface area contributed by atoms with Gasteiger partial charge in [-0.3, -0.25) is 14.5 Å². The summed E-state index contributed by atoms with van der Waals surface area (Å²) in [6.07, 6.45) is 2.65. The predicted molar refractivity (Wildman–Crippen MR) is 118 cm³/mol. The molecule has 1 fully saturated rings. The molecule has 1 aliphatic heterocycles. The van der Waals surface area contributed by atoms with Crippen LogP contribution in [0.5, 0.6) is 5.75 Å². The van der Waals surface area contributed by atoms with Gasteiger partial charge in [0.1, 0.15) is 11.6 Å². The SMILES string of the molecule is COc1ccccc1N1CCN(CCCNc2ncccc2C(=O)N(C)OC)CC1. The molecule has 0 bridgehead atoms. The van der Waals surface area contributed by atoms with Crippen molar-refractivity contribution in [2.24, 2.45) is 0 Å². The summed E-state index contributed by atoms with van der Waals surface area (Å²) in [6.45, 7) is 5.75. The number of hydrogen-bond acceptors (Lipinski definition) is 7. The smallest absolute Gasteiger partial charge is 0.280 e. The summed E-state index contributed by atoms with van der Waals surface area (Å²) >= 11 is 0. The van der Waals surface area contributed by atoms with Gasteiger partial charge in [0, 0.05) is 46.0 Å². The molecule has 30 heavy (non-hydrogen) atoms. The Morgan fingerprint density at radius 2 is 1.90 bits per heavy atom. The zero-order chi connectivity index (χ0) is 21.3. The summed E-state index contributed by atoms with van der Waals surface area (Å²) in [5, 5.41) is 4.49. The van der Waals surface area contributed by atoms with Gasteiger partial charge in [-0.1, -0.05) is 12.1 Å². The van der Waals surface area contributed by atoms with Gasteiger partial charge >= 0.3 is 0 Å². The average molecular weight is 414 g/mol. The van der Waals surface area contributed by atoms with E-state index in [1.165, 1.54) is 12.2 Å². The molecular weight excluding hydrogens is 382 g/mol. The number of carbonyl (C=O) groups excluding carboxylic acids is 1. The van der Waals surface area contributed by atoms with E-state index in [2.05, 4.69) is 32.2 Å². The van der Waals surface area contributed by atoms with E-state index in [9.17, 15) is 4.79 Å². The third kappa shape index (κ3) is 5.40. The van der Waals surface area contributed by atoms with Crippen LogP contribution in [0.2, 0.25) is 0 Å². The number of ether oxygens (including phenoxy) is 1. The maximum atomic E-state index is 12.4. The van der Waals surface area contributed by atoms with Crippen LogP contribution in [-0.4, -0.2) is 81.4 Å². The number of carbonyl (C=O) groups is 1. The number of rotatable bonds is 9. The zero-order valence-corrected chi connectivity index (χ0v) is 18.0. The summed E-state index contributed by atoms with van der Waals surface area (Å²) < 4.78 is 5.49. The summed E-state index contributed by atoms with van der Waals surface area (Å²) in [5.74, 6) is 1.29. The lowest BCUT2D eigenvalue weighted by molar-refractivity contribution is -0.0756. The molecule has 2 aromatic rings. The Labute approximate surface area is 178 Å². The van der Waals surface area contributed by atoms with Crippen molar-refractivity contribution in [3.05, 3.63) is 48.2 Å². The number of methoxy groups -OCH3 is 1. The van der Waals surface area contributed by atoms with Crippen molar-refractivity contribution in [1.29, 1.82) is 0 Å². The van der Waals surface area contributed by atoms with Crippen LogP contribution in [0.15, 0.2) is 42.6 Å². The van der Waals surface area contributed by atoms with E-state index in [4.69, 9.17) is 9.57 Å². The summed E-state index contributed by atoms with van der Waals surface area (Å²) in [7, 11) is 4.77. The molecule has 1 aliphatic rings. The number of nitrogens with one attached hydrogen (secondary N) is 1. The fourth-order valence-corrected chi connectivity index (χ4v) is 3.58. The molecule has 0 unspecified atom stereocenters. The third-order valence-corrected chi connectivity index (χ3v) is 5.34. The van der Waals surface area contributed by atoms with Crippen LogP contribution in [0.4, 0.5) is 11.5 Å². The van der Waals surface area contributed by atoms with Crippen molar-refractivity contribution in [3.63, 3.8) is 0 Å². The van der Waals surface area contributed by atoms with Crippen LogP contribution in [0, 0.1) is 0 Å². The quantitative estimate of drug-likeness (QED) is 0.500. The summed E-state index contributed by atoms with van der Waals surface area (Å²) in [5.41, 5.74) is 1.67. The highest BCUT2D eigenvalue weighted by atomic mass is 16.7. The largest absolute Gasteiger partial charge is 0.495 e. The molecule has 0 atom stereocenters. The molecule has 0 spiro atoms. The molecule has 0 radical (unpaired) electrons. The minimum atomic E-state index is -0.222. The molecule has 162 valence electrons. The Kier molecular flexibility index (Phi) is 7.87. The Morgan fingerprint density at radius 3 is 2.63 bits per heavy atom. The molecule has 3 rings (SSSR count). The van der Waals surface area contributed by atoms with E-state index < -0.39 is 0 Å². The number of hydrogen-bond donors (Lipinski definition) is 1. The third-order valence-electron chi connectivity index (χ3n) is 5.34. The van der Waals surface area contributed by atoms with Crippen molar-refractivity contribution in [2.45, 2.75) is 6.42 Å². The Balaban J connectivity index is 1.44. The summed E-state index contributed by atoms with van der Waals surface area (Å²) in [6, 6.07) is 11.7.